The first-order valence-electron chi connectivity index (χ1n) is 9.89. The van der Waals surface area contributed by atoms with Gasteiger partial charge in [0.25, 0.3) is 5.56 Å². The summed E-state index contributed by atoms with van der Waals surface area (Å²) >= 11 is 23.6. The number of carbonyl (C=O) groups excluding carboxylic acids is 1. The van der Waals surface area contributed by atoms with E-state index in [2.05, 4.69) is 0 Å². The van der Waals surface area contributed by atoms with E-state index in [1.54, 1.807) is 19.1 Å². The zero-order valence-corrected chi connectivity index (χ0v) is 21.2. The van der Waals surface area contributed by atoms with Crippen LogP contribution in [0.1, 0.15) is 12.6 Å². The van der Waals surface area contributed by atoms with E-state index in [4.69, 9.17) is 60.6 Å². The van der Waals surface area contributed by atoms with Crippen molar-refractivity contribution in [1.82, 2.24) is 9.13 Å². The summed E-state index contributed by atoms with van der Waals surface area (Å²) in [7, 11) is 1.26. The molecule has 0 atom stereocenters. The van der Waals surface area contributed by atoms with E-state index < -0.39 is 32.5 Å². The fraction of sp³-hybridized carbons (Fsp3) is 0.227. The zero-order chi connectivity index (χ0) is 25.9. The first kappa shape index (κ1) is 26.9. The third-order valence-corrected chi connectivity index (χ3v) is 5.45. The summed E-state index contributed by atoms with van der Waals surface area (Å²) in [5.74, 6) is -1.37. The van der Waals surface area contributed by atoms with Gasteiger partial charge in [-0.2, -0.15) is 0 Å². The van der Waals surface area contributed by atoms with E-state index in [9.17, 15) is 18.8 Å². The van der Waals surface area contributed by atoms with Crippen molar-refractivity contribution in [1.29, 1.82) is 0 Å². The van der Waals surface area contributed by atoms with Gasteiger partial charge in [0.1, 0.15) is 11.6 Å². The molecule has 3 aromatic rings. The predicted molar refractivity (Wildman–Crippen MR) is 130 cm³/mol. The third-order valence-electron chi connectivity index (χ3n) is 4.57. The number of carbonyl (C=O) groups is 1. The Hall–Kier alpha value is -2.72. The van der Waals surface area contributed by atoms with Gasteiger partial charge in [0, 0.05) is 19.2 Å². The van der Waals surface area contributed by atoms with E-state index >= 15 is 0 Å². The highest BCUT2D eigenvalue weighted by molar-refractivity contribution is 6.66. The fourth-order valence-electron chi connectivity index (χ4n) is 3.00. The van der Waals surface area contributed by atoms with Crippen LogP contribution in [-0.2, 0) is 20.4 Å². The number of ether oxygens (including phenoxy) is 3. The van der Waals surface area contributed by atoms with Gasteiger partial charge in [-0.1, -0.05) is 58.5 Å². The molecule has 35 heavy (non-hydrogen) atoms. The van der Waals surface area contributed by atoms with Crippen LogP contribution >= 0.6 is 46.4 Å². The second-order valence-corrected chi connectivity index (χ2v) is 9.61. The third kappa shape index (κ3) is 6.10. The molecular formula is C22H17Cl4FN2O6. The van der Waals surface area contributed by atoms with Crippen LogP contribution in [0.15, 0.2) is 52.1 Å². The molecule has 186 valence electrons. The number of esters is 1. The molecule has 2 aromatic carbocycles. The maximum Gasteiger partial charge on any atom is 0.344 e. The molecule has 0 aliphatic rings. The summed E-state index contributed by atoms with van der Waals surface area (Å²) in [4.78, 5) is 37.2. The van der Waals surface area contributed by atoms with Crippen molar-refractivity contribution >= 4 is 52.4 Å². The van der Waals surface area contributed by atoms with Crippen LogP contribution in [0.2, 0.25) is 5.02 Å². The van der Waals surface area contributed by atoms with E-state index in [-0.39, 0.29) is 41.2 Å². The molecule has 1 heterocycles. The molecule has 3 rings (SSSR count). The van der Waals surface area contributed by atoms with Crippen LogP contribution in [0, 0.1) is 5.82 Å². The molecule has 0 radical (unpaired) electrons. The molecule has 13 heteroatoms. The number of alkyl halides is 3. The van der Waals surface area contributed by atoms with Gasteiger partial charge in [-0.25, -0.2) is 18.5 Å². The number of benzene rings is 2. The number of nitrogens with zero attached hydrogens (tertiary/aromatic N) is 2. The second-order valence-electron chi connectivity index (χ2n) is 6.92. The van der Waals surface area contributed by atoms with E-state index in [0.717, 1.165) is 22.8 Å². The standard InChI is InChI=1S/C22H17Cl4FN2O6/c1-3-33-20(31)11-34-15-6-4-5-7-16(15)35-17-9-14(13(27)8-12(17)23)29-19(30)10-18(22(24,25)26)28(2)21(29)32/h4-10H,3,11H2,1-2H3. The van der Waals surface area contributed by atoms with Crippen molar-refractivity contribution in [3.63, 3.8) is 0 Å². The molecular weight excluding hydrogens is 549 g/mol. The normalized spacial score (nSPS) is 11.3. The van der Waals surface area contributed by atoms with Gasteiger partial charge in [0.2, 0.25) is 3.79 Å². The molecule has 0 spiro atoms. The molecule has 1 aromatic heterocycles. The van der Waals surface area contributed by atoms with Crippen LogP contribution in [0.4, 0.5) is 4.39 Å². The molecule has 0 saturated heterocycles. The molecule has 0 bridgehead atoms. The Morgan fingerprint density at radius 1 is 1.06 bits per heavy atom. The van der Waals surface area contributed by atoms with Gasteiger partial charge in [0.05, 0.1) is 23.0 Å². The maximum absolute atomic E-state index is 14.8. The predicted octanol–water partition coefficient (Wildman–Crippen LogP) is 4.89. The average molecular weight is 566 g/mol. The van der Waals surface area contributed by atoms with Crippen molar-refractivity contribution in [2.24, 2.45) is 7.05 Å². The lowest BCUT2D eigenvalue weighted by Gasteiger charge is -2.18. The maximum atomic E-state index is 14.8. The number of hydrogen-bond acceptors (Lipinski definition) is 6. The van der Waals surface area contributed by atoms with Crippen LogP contribution in [0.5, 0.6) is 17.2 Å². The first-order valence-corrected chi connectivity index (χ1v) is 11.4. The van der Waals surface area contributed by atoms with Gasteiger partial charge in [-0.3, -0.25) is 9.36 Å². The molecule has 8 nitrogen and oxygen atoms in total. The zero-order valence-electron chi connectivity index (χ0n) is 18.2. The largest absolute Gasteiger partial charge is 0.478 e. The summed E-state index contributed by atoms with van der Waals surface area (Å²) < 4.78 is 30.3. The lowest BCUT2D eigenvalue weighted by atomic mass is 10.2. The Balaban J connectivity index is 2.05. The minimum absolute atomic E-state index is 0.102. The lowest BCUT2D eigenvalue weighted by Crippen LogP contribution is -2.40. The lowest BCUT2D eigenvalue weighted by molar-refractivity contribution is -0.145. The van der Waals surface area contributed by atoms with Crippen molar-refractivity contribution in [2.45, 2.75) is 10.7 Å². The van der Waals surface area contributed by atoms with Gasteiger partial charge < -0.3 is 14.2 Å². The van der Waals surface area contributed by atoms with Gasteiger partial charge in [-0.05, 0) is 25.1 Å². The number of halogens is 5. The minimum atomic E-state index is -2.06. The first-order chi connectivity index (χ1) is 16.4. The Labute approximate surface area is 218 Å². The Morgan fingerprint density at radius 3 is 2.34 bits per heavy atom. The van der Waals surface area contributed by atoms with Crippen LogP contribution < -0.4 is 20.7 Å². The Bertz CT molecular complexity index is 1380. The number of hydrogen-bond donors (Lipinski definition) is 0. The highest BCUT2D eigenvalue weighted by Crippen LogP contribution is 2.38. The summed E-state index contributed by atoms with van der Waals surface area (Å²) in [5.41, 5.74) is -2.56. The van der Waals surface area contributed by atoms with Crippen molar-refractivity contribution in [3.05, 3.63) is 79.8 Å². The van der Waals surface area contributed by atoms with Crippen LogP contribution in [-0.4, -0.2) is 28.3 Å². The van der Waals surface area contributed by atoms with Crippen LogP contribution in [0.3, 0.4) is 0 Å². The second kappa shape index (κ2) is 10.9. The average Bonchev–Trinajstić information content (AvgIpc) is 2.78. The molecule has 0 aliphatic carbocycles. The molecule has 0 saturated carbocycles. The van der Waals surface area contributed by atoms with E-state index in [1.165, 1.54) is 19.2 Å². The quantitative estimate of drug-likeness (QED) is 0.299. The van der Waals surface area contributed by atoms with E-state index in [1.807, 2.05) is 0 Å². The van der Waals surface area contributed by atoms with Crippen molar-refractivity contribution < 1.29 is 23.4 Å². The molecule has 0 fully saturated rings. The fourth-order valence-corrected chi connectivity index (χ4v) is 3.73. The molecule has 0 aliphatic heterocycles. The summed E-state index contributed by atoms with van der Waals surface area (Å²) in [5, 5.41) is -0.158. The van der Waals surface area contributed by atoms with Crippen molar-refractivity contribution in [3.8, 4) is 22.9 Å². The SMILES string of the molecule is CCOC(=O)COc1ccccc1Oc1cc(-n2c(=O)cc(C(Cl)(Cl)Cl)n(C)c2=O)c(F)cc1Cl. The summed E-state index contributed by atoms with van der Waals surface area (Å²) in [6, 6.07) is 9.16. The molecule has 0 N–H and O–H groups in total. The van der Waals surface area contributed by atoms with Crippen molar-refractivity contribution in [2.75, 3.05) is 13.2 Å². The molecule has 0 unspecified atom stereocenters. The topological polar surface area (TPSA) is 88.8 Å². The number of rotatable bonds is 7. The highest BCUT2D eigenvalue weighted by atomic mass is 35.6. The Kier molecular flexibility index (Phi) is 8.38. The summed E-state index contributed by atoms with van der Waals surface area (Å²) in [6.07, 6.45) is 0. The number of aromatic nitrogens is 2. The Morgan fingerprint density at radius 2 is 1.71 bits per heavy atom. The smallest absolute Gasteiger partial charge is 0.344 e. The minimum Gasteiger partial charge on any atom is -0.478 e. The van der Waals surface area contributed by atoms with Crippen LogP contribution in [0.25, 0.3) is 5.69 Å². The van der Waals surface area contributed by atoms with Gasteiger partial charge >= 0.3 is 11.7 Å². The highest BCUT2D eigenvalue weighted by Gasteiger charge is 2.29. The van der Waals surface area contributed by atoms with Gasteiger partial charge in [-0.15, -0.1) is 0 Å². The number of para-hydroxylation sites is 2. The molecule has 0 amide bonds. The monoisotopic (exact) mass is 564 g/mol. The summed E-state index contributed by atoms with van der Waals surface area (Å²) in [6.45, 7) is 1.47. The van der Waals surface area contributed by atoms with E-state index in [0.29, 0.717) is 4.57 Å². The van der Waals surface area contributed by atoms with Gasteiger partial charge in [0.15, 0.2) is 18.1 Å².